The lowest BCUT2D eigenvalue weighted by atomic mass is 10.1. The highest BCUT2D eigenvalue weighted by molar-refractivity contribution is 5.44. The van der Waals surface area contributed by atoms with Crippen LogP contribution < -0.4 is 0 Å². The molecule has 0 unspecified atom stereocenters. The van der Waals surface area contributed by atoms with Gasteiger partial charge in [-0.25, -0.2) is 0 Å². The third-order valence-corrected chi connectivity index (χ3v) is 4.32. The van der Waals surface area contributed by atoms with Crippen LogP contribution in [0, 0.1) is 20.8 Å². The van der Waals surface area contributed by atoms with Crippen molar-refractivity contribution in [3.05, 3.63) is 119 Å². The maximum absolute atomic E-state index is 2.21. The average molecular weight is 328 g/mol. The molecule has 0 spiro atoms. The highest BCUT2D eigenvalue weighted by Crippen LogP contribution is 2.25. The van der Waals surface area contributed by atoms with E-state index in [-0.39, 0.29) is 0 Å². The summed E-state index contributed by atoms with van der Waals surface area (Å²) in [4.78, 5) is 0. The molecule has 0 fully saturated rings. The summed E-state index contributed by atoms with van der Waals surface area (Å²) in [6.07, 6.45) is 15.4. The van der Waals surface area contributed by atoms with Crippen LogP contribution >= 0.6 is 0 Å². The van der Waals surface area contributed by atoms with Crippen molar-refractivity contribution in [3.63, 3.8) is 0 Å². The number of hydrogen-bond donors (Lipinski definition) is 0. The number of benzene rings is 2. The third kappa shape index (κ3) is 6.81. The van der Waals surface area contributed by atoms with E-state index < -0.39 is 0 Å². The Morgan fingerprint density at radius 3 is 1.28 bits per heavy atom. The highest BCUT2D eigenvalue weighted by Gasteiger charge is 2.05. The van der Waals surface area contributed by atoms with Crippen molar-refractivity contribution in [2.24, 2.45) is 0 Å². The zero-order chi connectivity index (χ0) is 17.9. The fourth-order valence-electron chi connectivity index (χ4n) is 2.57. The molecule has 0 atom stereocenters. The van der Waals surface area contributed by atoms with Crippen molar-refractivity contribution in [2.45, 2.75) is 33.6 Å². The van der Waals surface area contributed by atoms with Gasteiger partial charge in [-0.05, 0) is 55.9 Å². The van der Waals surface area contributed by atoms with Crippen LogP contribution in [0.15, 0.2) is 102 Å². The smallest absolute Gasteiger partial charge is 0.00915 e. The van der Waals surface area contributed by atoms with Crippen molar-refractivity contribution in [3.8, 4) is 0 Å². The van der Waals surface area contributed by atoms with E-state index in [4.69, 9.17) is 0 Å². The van der Waals surface area contributed by atoms with Crippen LogP contribution in [0.25, 0.3) is 0 Å². The first-order chi connectivity index (χ1) is 12.2. The maximum atomic E-state index is 2.21. The van der Waals surface area contributed by atoms with Gasteiger partial charge in [0.2, 0.25) is 0 Å². The molecule has 2 aromatic carbocycles. The van der Waals surface area contributed by atoms with Crippen LogP contribution in [0.2, 0.25) is 0 Å². The molecule has 4 rings (SSSR count). The Kier molecular flexibility index (Phi) is 7.72. The number of allylic oxidation sites excluding steroid dienone is 8. The molecule has 0 saturated heterocycles. The van der Waals surface area contributed by atoms with E-state index >= 15 is 0 Å². The molecule has 0 nitrogen and oxygen atoms in total. The van der Waals surface area contributed by atoms with Gasteiger partial charge in [-0.2, -0.15) is 0 Å². The first kappa shape index (κ1) is 18.7. The third-order valence-electron chi connectivity index (χ3n) is 4.32. The lowest BCUT2D eigenvalue weighted by Crippen LogP contribution is -1.80. The zero-order valence-electron chi connectivity index (χ0n) is 15.6. The van der Waals surface area contributed by atoms with Gasteiger partial charge in [0.15, 0.2) is 0 Å². The minimum Gasteiger partial charge on any atom is -0.0801 e. The lowest BCUT2D eigenvalue weighted by molar-refractivity contribution is 1.18. The standard InChI is InChI=1S/C10H10.C8H10.C7H8/c1-2-6-9(5-1)10-7-3-4-8-10;1-7-5-3-4-6-8(7)2;1-7-5-3-2-4-6-7/h1-5,7H,6,8H2;3-6H,1-2H3;2-6H,1H3. The van der Waals surface area contributed by atoms with Crippen LogP contribution in [0.1, 0.15) is 29.5 Å². The van der Waals surface area contributed by atoms with Gasteiger partial charge >= 0.3 is 0 Å². The summed E-state index contributed by atoms with van der Waals surface area (Å²) >= 11 is 0. The Morgan fingerprint density at radius 2 is 1.00 bits per heavy atom. The predicted molar refractivity (Wildman–Crippen MR) is 111 cm³/mol. The predicted octanol–water partition coefficient (Wildman–Crippen LogP) is 7.06. The summed E-state index contributed by atoms with van der Waals surface area (Å²) in [6.45, 7) is 6.32. The largest absolute Gasteiger partial charge is 0.0801 e. The lowest BCUT2D eigenvalue weighted by Gasteiger charge is -1.99. The summed E-state index contributed by atoms with van der Waals surface area (Å²) in [7, 11) is 0. The molecular weight excluding hydrogens is 300 g/mol. The molecule has 0 N–H and O–H groups in total. The summed E-state index contributed by atoms with van der Waals surface area (Å²) in [5.74, 6) is 0. The van der Waals surface area contributed by atoms with Gasteiger partial charge in [0, 0.05) is 0 Å². The highest BCUT2D eigenvalue weighted by atomic mass is 14.1. The minimum absolute atomic E-state index is 1.13. The van der Waals surface area contributed by atoms with E-state index in [0.29, 0.717) is 0 Å². The second kappa shape index (κ2) is 10.3. The zero-order valence-corrected chi connectivity index (χ0v) is 15.6. The molecule has 128 valence electrons. The van der Waals surface area contributed by atoms with Gasteiger partial charge in [0.25, 0.3) is 0 Å². The fraction of sp³-hybridized carbons (Fsp3) is 0.200. The maximum Gasteiger partial charge on any atom is -0.00915 e. The van der Waals surface area contributed by atoms with Crippen LogP contribution in [0.4, 0.5) is 0 Å². The first-order valence-corrected chi connectivity index (χ1v) is 8.92. The van der Waals surface area contributed by atoms with Crippen molar-refractivity contribution < 1.29 is 0 Å². The first-order valence-electron chi connectivity index (χ1n) is 8.92. The molecule has 0 aromatic heterocycles. The molecule has 2 aliphatic rings. The molecule has 0 heteroatoms. The van der Waals surface area contributed by atoms with Crippen LogP contribution in [0.3, 0.4) is 0 Å². The Bertz CT molecular complexity index is 722. The van der Waals surface area contributed by atoms with E-state index in [1.807, 2.05) is 18.2 Å². The van der Waals surface area contributed by atoms with Crippen molar-refractivity contribution in [1.82, 2.24) is 0 Å². The molecular formula is C25H28. The monoisotopic (exact) mass is 328 g/mol. The van der Waals surface area contributed by atoms with Crippen LogP contribution in [0.5, 0.6) is 0 Å². The number of hydrogen-bond acceptors (Lipinski definition) is 0. The fourth-order valence-corrected chi connectivity index (χ4v) is 2.57. The van der Waals surface area contributed by atoms with Gasteiger partial charge in [-0.15, -0.1) is 0 Å². The Balaban J connectivity index is 0.000000138. The molecule has 2 aromatic rings. The number of rotatable bonds is 1. The topological polar surface area (TPSA) is 0 Å². The molecule has 0 heterocycles. The molecule has 0 amide bonds. The summed E-state index contributed by atoms with van der Waals surface area (Å²) in [5.41, 5.74) is 7.04. The normalized spacial score (nSPS) is 14.0. The summed E-state index contributed by atoms with van der Waals surface area (Å²) in [6, 6.07) is 18.6. The van der Waals surface area contributed by atoms with E-state index in [1.165, 1.54) is 27.8 Å². The quantitative estimate of drug-likeness (QED) is 0.526. The molecule has 0 bridgehead atoms. The van der Waals surface area contributed by atoms with Crippen molar-refractivity contribution in [1.29, 1.82) is 0 Å². The van der Waals surface area contributed by atoms with Gasteiger partial charge in [0.05, 0.1) is 0 Å². The van der Waals surface area contributed by atoms with Crippen molar-refractivity contribution in [2.75, 3.05) is 0 Å². The van der Waals surface area contributed by atoms with Gasteiger partial charge in [0.1, 0.15) is 0 Å². The van der Waals surface area contributed by atoms with Crippen LogP contribution in [-0.4, -0.2) is 0 Å². The number of aryl methyl sites for hydroxylation is 3. The second-order valence-electron chi connectivity index (χ2n) is 6.39. The van der Waals surface area contributed by atoms with E-state index in [9.17, 15) is 0 Å². The van der Waals surface area contributed by atoms with Crippen molar-refractivity contribution >= 4 is 0 Å². The molecule has 0 saturated carbocycles. The average Bonchev–Trinajstić information content (AvgIpc) is 3.32. The van der Waals surface area contributed by atoms with E-state index in [0.717, 1.165) is 12.8 Å². The molecule has 0 aliphatic heterocycles. The summed E-state index contributed by atoms with van der Waals surface area (Å²) in [5, 5.41) is 0. The molecule has 2 aliphatic carbocycles. The summed E-state index contributed by atoms with van der Waals surface area (Å²) < 4.78 is 0. The van der Waals surface area contributed by atoms with Gasteiger partial charge in [-0.1, -0.05) is 96.6 Å². The van der Waals surface area contributed by atoms with E-state index in [1.54, 1.807) is 0 Å². The van der Waals surface area contributed by atoms with Gasteiger partial charge < -0.3 is 0 Å². The van der Waals surface area contributed by atoms with Gasteiger partial charge in [-0.3, -0.25) is 0 Å². The Morgan fingerprint density at radius 1 is 0.560 bits per heavy atom. The Hall–Kier alpha value is -2.60. The molecule has 25 heavy (non-hydrogen) atoms. The second-order valence-corrected chi connectivity index (χ2v) is 6.39. The van der Waals surface area contributed by atoms with E-state index in [2.05, 4.69) is 93.6 Å². The SMILES string of the molecule is C1=CCC(C2=CC=CC2)=C1.Cc1ccccc1.Cc1ccccc1C. The molecule has 0 radical (unpaired) electrons. The minimum atomic E-state index is 1.13. The Labute approximate surface area is 152 Å². The van der Waals surface area contributed by atoms with Crippen LogP contribution in [-0.2, 0) is 0 Å².